The van der Waals surface area contributed by atoms with Gasteiger partial charge in [-0.15, -0.1) is 24.0 Å². The van der Waals surface area contributed by atoms with E-state index in [0.29, 0.717) is 19.0 Å². The molecule has 1 saturated heterocycles. The lowest BCUT2D eigenvalue weighted by molar-refractivity contribution is 0.0214. The molecule has 2 heterocycles. The Morgan fingerprint density at radius 3 is 2.50 bits per heavy atom. The van der Waals surface area contributed by atoms with Crippen molar-refractivity contribution < 1.29 is 9.53 Å². The Balaban J connectivity index is 0.00000512. The molecule has 1 aliphatic heterocycles. The molecular formula is C23H41IN6O2. The van der Waals surface area contributed by atoms with Gasteiger partial charge in [-0.1, -0.05) is 6.07 Å². The molecule has 1 aromatic heterocycles. The van der Waals surface area contributed by atoms with Crippen molar-refractivity contribution in [2.75, 3.05) is 52.2 Å². The van der Waals surface area contributed by atoms with Crippen molar-refractivity contribution >= 4 is 41.8 Å². The number of aliphatic imine (C=N–C) groups is 1. The summed E-state index contributed by atoms with van der Waals surface area (Å²) in [4.78, 5) is 27.5. The summed E-state index contributed by atoms with van der Waals surface area (Å²) < 4.78 is 5.55. The second-order valence-electron chi connectivity index (χ2n) is 9.23. The first-order chi connectivity index (χ1) is 14.6. The molecular weight excluding hydrogens is 519 g/mol. The Hall–Kier alpha value is -1.78. The van der Waals surface area contributed by atoms with Crippen molar-refractivity contribution in [3.63, 3.8) is 0 Å². The van der Waals surface area contributed by atoms with Crippen LogP contribution < -0.4 is 10.2 Å². The molecule has 1 fully saturated rings. The number of pyridine rings is 1. The zero-order chi connectivity index (χ0) is 23.0. The van der Waals surface area contributed by atoms with Crippen LogP contribution in [-0.2, 0) is 11.3 Å². The van der Waals surface area contributed by atoms with Crippen molar-refractivity contribution in [1.82, 2.24) is 20.1 Å². The second-order valence-corrected chi connectivity index (χ2v) is 9.23. The SMILES string of the molecule is CCN(CC1CCN(C(=NC)NCc2cccnc2N(C)C)CC1)C(=O)OC(C)(C)C.I. The Kier molecular flexibility index (Phi) is 11.5. The van der Waals surface area contributed by atoms with Crippen molar-refractivity contribution in [3.8, 4) is 0 Å². The lowest BCUT2D eigenvalue weighted by atomic mass is 9.96. The maximum absolute atomic E-state index is 12.4. The Morgan fingerprint density at radius 2 is 1.97 bits per heavy atom. The van der Waals surface area contributed by atoms with E-state index in [1.807, 2.05) is 70.9 Å². The molecule has 0 bridgehead atoms. The van der Waals surface area contributed by atoms with E-state index in [2.05, 4.69) is 26.3 Å². The van der Waals surface area contributed by atoms with Gasteiger partial charge in [-0.25, -0.2) is 9.78 Å². The number of halogens is 1. The fraction of sp³-hybridized carbons (Fsp3) is 0.696. The van der Waals surface area contributed by atoms with Gasteiger partial charge in [0.15, 0.2) is 5.96 Å². The smallest absolute Gasteiger partial charge is 0.410 e. The zero-order valence-corrected chi connectivity index (χ0v) is 23.1. The van der Waals surface area contributed by atoms with Crippen molar-refractivity contribution in [1.29, 1.82) is 0 Å². The van der Waals surface area contributed by atoms with E-state index in [-0.39, 0.29) is 30.1 Å². The van der Waals surface area contributed by atoms with Crippen LogP contribution in [0.3, 0.4) is 0 Å². The number of carbonyl (C=O) groups excluding carboxylic acids is 1. The summed E-state index contributed by atoms with van der Waals surface area (Å²) in [6.45, 7) is 11.6. The van der Waals surface area contributed by atoms with Crippen LogP contribution >= 0.6 is 24.0 Å². The minimum absolute atomic E-state index is 0. The Bertz CT molecular complexity index is 742. The molecule has 1 aliphatic rings. The number of hydrogen-bond donors (Lipinski definition) is 1. The largest absolute Gasteiger partial charge is 0.444 e. The zero-order valence-electron chi connectivity index (χ0n) is 20.7. The maximum atomic E-state index is 12.4. The lowest BCUT2D eigenvalue weighted by Crippen LogP contribution is -2.47. The van der Waals surface area contributed by atoms with Crippen molar-refractivity contribution in [3.05, 3.63) is 23.9 Å². The fourth-order valence-electron chi connectivity index (χ4n) is 3.78. The molecule has 0 atom stereocenters. The fourth-order valence-corrected chi connectivity index (χ4v) is 3.78. The highest BCUT2D eigenvalue weighted by Gasteiger charge is 2.27. The molecule has 2 rings (SSSR count). The van der Waals surface area contributed by atoms with Gasteiger partial charge in [0.05, 0.1) is 0 Å². The van der Waals surface area contributed by atoms with Crippen LogP contribution in [0.1, 0.15) is 46.1 Å². The topological polar surface area (TPSA) is 73.3 Å². The van der Waals surface area contributed by atoms with Gasteiger partial charge >= 0.3 is 6.09 Å². The third kappa shape index (κ3) is 8.63. The van der Waals surface area contributed by atoms with Gasteiger partial charge in [-0.3, -0.25) is 4.99 Å². The Morgan fingerprint density at radius 1 is 1.31 bits per heavy atom. The van der Waals surface area contributed by atoms with Crippen LogP contribution in [0.5, 0.6) is 0 Å². The number of carbonyl (C=O) groups is 1. The standard InChI is InChI=1S/C23H40N6O2.HI/c1-8-28(22(30)31-23(2,3)4)17-18-11-14-29(15-12-18)21(24-5)26-16-19-10-9-13-25-20(19)27(6)7;/h9-10,13,18H,8,11-12,14-17H2,1-7H3,(H,24,26);1H. The first-order valence-corrected chi connectivity index (χ1v) is 11.2. The summed E-state index contributed by atoms with van der Waals surface area (Å²) in [5, 5.41) is 3.49. The lowest BCUT2D eigenvalue weighted by Gasteiger charge is -2.36. The molecule has 1 aromatic rings. The van der Waals surface area contributed by atoms with E-state index in [9.17, 15) is 4.79 Å². The van der Waals surface area contributed by atoms with Crippen LogP contribution in [0, 0.1) is 5.92 Å². The summed E-state index contributed by atoms with van der Waals surface area (Å²) in [5.41, 5.74) is 0.673. The predicted octanol–water partition coefficient (Wildman–Crippen LogP) is 3.81. The molecule has 0 unspecified atom stereocenters. The number of piperidine rings is 1. The molecule has 32 heavy (non-hydrogen) atoms. The van der Waals surface area contributed by atoms with Gasteiger partial charge in [0.25, 0.3) is 0 Å². The van der Waals surface area contributed by atoms with Crippen LogP contribution in [0.15, 0.2) is 23.3 Å². The summed E-state index contributed by atoms with van der Waals surface area (Å²) in [6.07, 6.45) is 3.64. The van der Waals surface area contributed by atoms with Gasteiger partial charge in [0.1, 0.15) is 11.4 Å². The minimum Gasteiger partial charge on any atom is -0.444 e. The molecule has 182 valence electrons. The number of amides is 1. The number of anilines is 1. The summed E-state index contributed by atoms with van der Waals surface area (Å²) >= 11 is 0. The highest BCUT2D eigenvalue weighted by atomic mass is 127. The van der Waals surface area contributed by atoms with Crippen LogP contribution in [0.25, 0.3) is 0 Å². The molecule has 1 N–H and O–H groups in total. The summed E-state index contributed by atoms with van der Waals surface area (Å²) in [7, 11) is 5.83. The molecule has 0 radical (unpaired) electrons. The molecule has 0 aliphatic carbocycles. The van der Waals surface area contributed by atoms with Crippen LogP contribution in [-0.4, -0.2) is 79.8 Å². The Labute approximate surface area is 210 Å². The van der Waals surface area contributed by atoms with E-state index in [4.69, 9.17) is 4.74 Å². The number of aromatic nitrogens is 1. The normalized spacial score (nSPS) is 15.1. The first kappa shape index (κ1) is 28.3. The third-order valence-corrected chi connectivity index (χ3v) is 5.37. The first-order valence-electron chi connectivity index (χ1n) is 11.2. The number of rotatable bonds is 6. The van der Waals surface area contributed by atoms with E-state index in [0.717, 1.165) is 49.8 Å². The molecule has 8 nitrogen and oxygen atoms in total. The number of guanidine groups is 1. The highest BCUT2D eigenvalue weighted by molar-refractivity contribution is 14.0. The van der Waals surface area contributed by atoms with Gasteiger partial charge in [0.2, 0.25) is 0 Å². The predicted molar refractivity (Wildman–Crippen MR) is 142 cm³/mol. The number of nitrogens with zero attached hydrogens (tertiary/aromatic N) is 5. The van der Waals surface area contributed by atoms with Gasteiger partial charge in [-0.2, -0.15) is 0 Å². The van der Waals surface area contributed by atoms with Crippen LogP contribution in [0.4, 0.5) is 10.6 Å². The summed E-state index contributed by atoms with van der Waals surface area (Å²) in [5.74, 6) is 2.35. The number of nitrogens with one attached hydrogen (secondary N) is 1. The molecule has 0 aromatic carbocycles. The van der Waals surface area contributed by atoms with E-state index >= 15 is 0 Å². The minimum atomic E-state index is -0.466. The molecule has 1 amide bonds. The second kappa shape index (κ2) is 13.1. The van der Waals surface area contributed by atoms with Gasteiger partial charge in [-0.05, 0) is 52.5 Å². The molecule has 0 saturated carbocycles. The quantitative estimate of drug-likeness (QED) is 0.324. The average molecular weight is 561 g/mol. The third-order valence-electron chi connectivity index (χ3n) is 5.37. The van der Waals surface area contributed by atoms with Gasteiger partial charge in [0, 0.05) is 65.6 Å². The van der Waals surface area contributed by atoms with E-state index in [1.165, 1.54) is 0 Å². The van der Waals surface area contributed by atoms with Gasteiger partial charge < -0.3 is 24.8 Å². The number of ether oxygens (including phenoxy) is 1. The van der Waals surface area contributed by atoms with Crippen molar-refractivity contribution in [2.45, 2.75) is 52.7 Å². The number of hydrogen-bond acceptors (Lipinski definition) is 5. The monoisotopic (exact) mass is 560 g/mol. The highest BCUT2D eigenvalue weighted by Crippen LogP contribution is 2.20. The molecule has 0 spiro atoms. The number of likely N-dealkylation sites (tertiary alicyclic amines) is 1. The molecule has 9 heteroatoms. The maximum Gasteiger partial charge on any atom is 0.410 e. The average Bonchev–Trinajstić information content (AvgIpc) is 2.72. The van der Waals surface area contributed by atoms with Crippen molar-refractivity contribution in [2.24, 2.45) is 10.9 Å². The van der Waals surface area contributed by atoms with E-state index in [1.54, 1.807) is 0 Å². The van der Waals surface area contributed by atoms with E-state index < -0.39 is 5.60 Å². The summed E-state index contributed by atoms with van der Waals surface area (Å²) in [6, 6.07) is 4.05. The van der Waals surface area contributed by atoms with Crippen LogP contribution in [0.2, 0.25) is 0 Å².